The van der Waals surface area contributed by atoms with E-state index in [2.05, 4.69) is 70.6 Å². The fraction of sp³-hybridized carbons (Fsp3) is 0.219. The smallest absolute Gasteiger partial charge is 0.164 e. The monoisotopic (exact) mass is 485 g/mol. The fourth-order valence-electron chi connectivity index (χ4n) is 6.03. The predicted octanol–water partition coefficient (Wildman–Crippen LogP) is 5.93. The molecule has 0 radical (unpaired) electrons. The summed E-state index contributed by atoms with van der Waals surface area (Å²) in [5.41, 5.74) is 9.88. The number of carbonyl (C=O) groups is 1. The molecule has 1 unspecified atom stereocenters. The van der Waals surface area contributed by atoms with Crippen molar-refractivity contribution in [2.24, 2.45) is 0 Å². The summed E-state index contributed by atoms with van der Waals surface area (Å²) in [6.45, 7) is 3.22. The zero-order chi connectivity index (χ0) is 24.8. The SMILES string of the molecule is O=C(CC1c2ccccc2-c2c(-c3ccc(N4CCOCC4)nc3)cccc21)c1ccnc2c1C=CC2. The normalized spacial score (nSPS) is 17.4. The van der Waals surface area contributed by atoms with Crippen LogP contribution in [-0.2, 0) is 11.2 Å². The summed E-state index contributed by atoms with van der Waals surface area (Å²) >= 11 is 0. The zero-order valence-corrected chi connectivity index (χ0v) is 20.6. The maximum absolute atomic E-state index is 13.6. The van der Waals surface area contributed by atoms with Crippen molar-refractivity contribution in [1.29, 1.82) is 0 Å². The highest BCUT2D eigenvalue weighted by Gasteiger charge is 2.33. The Morgan fingerprint density at radius 3 is 2.62 bits per heavy atom. The van der Waals surface area contributed by atoms with Gasteiger partial charge in [0.2, 0.25) is 0 Å². The van der Waals surface area contributed by atoms with Crippen molar-refractivity contribution in [1.82, 2.24) is 9.97 Å². The van der Waals surface area contributed by atoms with E-state index in [-0.39, 0.29) is 11.7 Å². The van der Waals surface area contributed by atoms with Crippen LogP contribution in [-0.4, -0.2) is 42.1 Å². The third-order valence-corrected chi connectivity index (χ3v) is 7.83. The molecular weight excluding hydrogens is 458 g/mol. The molecule has 5 heteroatoms. The number of hydrogen-bond donors (Lipinski definition) is 0. The second-order valence-electron chi connectivity index (χ2n) is 9.87. The van der Waals surface area contributed by atoms with Gasteiger partial charge in [-0.2, -0.15) is 0 Å². The van der Waals surface area contributed by atoms with Gasteiger partial charge in [-0.1, -0.05) is 54.6 Å². The molecule has 7 rings (SSSR count). The predicted molar refractivity (Wildman–Crippen MR) is 146 cm³/mol. The molecule has 4 aromatic rings. The molecule has 37 heavy (non-hydrogen) atoms. The van der Waals surface area contributed by atoms with Crippen molar-refractivity contribution in [3.05, 3.63) is 107 Å². The summed E-state index contributed by atoms with van der Waals surface area (Å²) in [5, 5.41) is 0. The molecule has 5 nitrogen and oxygen atoms in total. The second-order valence-corrected chi connectivity index (χ2v) is 9.87. The van der Waals surface area contributed by atoms with Crippen LogP contribution in [0, 0.1) is 0 Å². The molecule has 182 valence electrons. The lowest BCUT2D eigenvalue weighted by Gasteiger charge is -2.27. The molecular formula is C32H27N3O2. The molecule has 0 spiro atoms. The van der Waals surface area contributed by atoms with E-state index in [9.17, 15) is 4.79 Å². The van der Waals surface area contributed by atoms with E-state index in [0.29, 0.717) is 6.42 Å². The molecule has 2 aromatic heterocycles. The first-order valence-corrected chi connectivity index (χ1v) is 13.0. The number of ether oxygens (including phenoxy) is 1. The van der Waals surface area contributed by atoms with Gasteiger partial charge in [-0.3, -0.25) is 9.78 Å². The van der Waals surface area contributed by atoms with E-state index in [1.165, 1.54) is 22.3 Å². The summed E-state index contributed by atoms with van der Waals surface area (Å²) in [4.78, 5) is 25.2. The molecule has 3 heterocycles. The number of pyridine rings is 2. The van der Waals surface area contributed by atoms with Crippen LogP contribution in [0.25, 0.3) is 28.3 Å². The molecule has 2 aromatic carbocycles. The summed E-state index contributed by atoms with van der Waals surface area (Å²) in [7, 11) is 0. The van der Waals surface area contributed by atoms with E-state index in [4.69, 9.17) is 9.72 Å². The molecule has 1 fully saturated rings. The van der Waals surface area contributed by atoms with Gasteiger partial charge >= 0.3 is 0 Å². The van der Waals surface area contributed by atoms with Crippen molar-refractivity contribution < 1.29 is 9.53 Å². The maximum Gasteiger partial charge on any atom is 0.164 e. The third-order valence-electron chi connectivity index (χ3n) is 7.83. The largest absolute Gasteiger partial charge is 0.378 e. The van der Waals surface area contributed by atoms with Crippen LogP contribution in [0.3, 0.4) is 0 Å². The lowest BCUT2D eigenvalue weighted by Crippen LogP contribution is -2.36. The maximum atomic E-state index is 13.6. The molecule has 3 aliphatic rings. The number of nitrogens with zero attached hydrogens (tertiary/aromatic N) is 3. The summed E-state index contributed by atoms with van der Waals surface area (Å²) in [5.74, 6) is 1.18. The van der Waals surface area contributed by atoms with Gasteiger partial charge in [-0.15, -0.1) is 0 Å². The van der Waals surface area contributed by atoms with E-state index in [1.807, 2.05) is 18.3 Å². The highest BCUT2D eigenvalue weighted by molar-refractivity contribution is 6.02. The Morgan fingerprint density at radius 2 is 1.76 bits per heavy atom. The van der Waals surface area contributed by atoms with Gasteiger partial charge in [0, 0.05) is 60.9 Å². The van der Waals surface area contributed by atoms with Crippen molar-refractivity contribution >= 4 is 17.7 Å². The number of benzene rings is 2. The molecule has 0 saturated carbocycles. The summed E-state index contributed by atoms with van der Waals surface area (Å²) < 4.78 is 5.49. The number of fused-ring (bicyclic) bond motifs is 4. The Bertz CT molecular complexity index is 1530. The van der Waals surface area contributed by atoms with Gasteiger partial charge in [-0.05, 0) is 46.0 Å². The van der Waals surface area contributed by atoms with Gasteiger partial charge in [0.05, 0.1) is 18.9 Å². The lowest BCUT2D eigenvalue weighted by molar-refractivity contribution is 0.0977. The first-order valence-electron chi connectivity index (χ1n) is 13.0. The number of anilines is 1. The van der Waals surface area contributed by atoms with Crippen molar-refractivity contribution in [2.75, 3.05) is 31.2 Å². The minimum atomic E-state index is 0.0217. The van der Waals surface area contributed by atoms with Crippen molar-refractivity contribution in [2.45, 2.75) is 18.8 Å². The molecule has 0 bridgehead atoms. The topological polar surface area (TPSA) is 55.3 Å². The average molecular weight is 486 g/mol. The minimum Gasteiger partial charge on any atom is -0.378 e. The Morgan fingerprint density at radius 1 is 0.919 bits per heavy atom. The number of ketones is 1. The van der Waals surface area contributed by atoms with Crippen LogP contribution < -0.4 is 4.90 Å². The highest BCUT2D eigenvalue weighted by atomic mass is 16.5. The number of Topliss-reactive ketones (excluding diaryl/α,β-unsaturated/α-hetero) is 1. The van der Waals surface area contributed by atoms with Crippen LogP contribution in [0.5, 0.6) is 0 Å². The van der Waals surface area contributed by atoms with Crippen molar-refractivity contribution in [3.8, 4) is 22.3 Å². The Kier molecular flexibility index (Phi) is 5.44. The number of carbonyl (C=O) groups excluding carboxylic acids is 1. The molecule has 1 saturated heterocycles. The minimum absolute atomic E-state index is 0.0217. The van der Waals surface area contributed by atoms with E-state index < -0.39 is 0 Å². The quantitative estimate of drug-likeness (QED) is 0.328. The first-order chi connectivity index (χ1) is 18.3. The molecule has 0 amide bonds. The number of morpholine rings is 1. The van der Waals surface area contributed by atoms with Crippen LogP contribution in [0.1, 0.15) is 45.1 Å². The number of aromatic nitrogens is 2. The van der Waals surface area contributed by atoms with Gasteiger partial charge in [0.1, 0.15) is 5.82 Å². The molecule has 0 N–H and O–H groups in total. The van der Waals surface area contributed by atoms with Crippen LogP contribution in [0.2, 0.25) is 0 Å². The van der Waals surface area contributed by atoms with E-state index in [1.54, 1.807) is 6.20 Å². The number of hydrogen-bond acceptors (Lipinski definition) is 5. The fourth-order valence-corrected chi connectivity index (χ4v) is 6.03. The number of rotatable bonds is 5. The lowest BCUT2D eigenvalue weighted by atomic mass is 9.88. The molecule has 2 aliphatic carbocycles. The standard InChI is InChI=1S/C32H27N3O2/c36-30(25-13-14-33-29-10-4-8-24(25)29)19-28-23-5-1-2-6-26(23)32-22(7-3-9-27(28)32)21-11-12-31(34-20-21)35-15-17-37-18-16-35/h1-9,11-14,20,28H,10,15-19H2. The Hall–Kier alpha value is -4.09. The van der Waals surface area contributed by atoms with Gasteiger partial charge in [0.25, 0.3) is 0 Å². The van der Waals surface area contributed by atoms with Gasteiger partial charge in [0.15, 0.2) is 5.78 Å². The Balaban J connectivity index is 1.26. The number of allylic oxidation sites excluding steroid dienone is 1. The second kappa shape index (κ2) is 9.09. The van der Waals surface area contributed by atoms with E-state index in [0.717, 1.165) is 66.5 Å². The van der Waals surface area contributed by atoms with Gasteiger partial charge in [-0.25, -0.2) is 4.98 Å². The van der Waals surface area contributed by atoms with Gasteiger partial charge < -0.3 is 9.64 Å². The molecule has 1 aliphatic heterocycles. The van der Waals surface area contributed by atoms with Crippen LogP contribution >= 0.6 is 0 Å². The average Bonchev–Trinajstić information content (AvgIpc) is 3.57. The van der Waals surface area contributed by atoms with Crippen LogP contribution in [0.15, 0.2) is 79.1 Å². The zero-order valence-electron chi connectivity index (χ0n) is 20.6. The summed E-state index contributed by atoms with van der Waals surface area (Å²) in [6, 6.07) is 21.1. The Labute approximate surface area is 216 Å². The van der Waals surface area contributed by atoms with E-state index >= 15 is 0 Å². The summed E-state index contributed by atoms with van der Waals surface area (Å²) in [6.07, 6.45) is 9.10. The van der Waals surface area contributed by atoms with Crippen molar-refractivity contribution in [3.63, 3.8) is 0 Å². The first kappa shape index (κ1) is 22.1. The van der Waals surface area contributed by atoms with Crippen LogP contribution in [0.4, 0.5) is 5.82 Å². The molecule has 1 atom stereocenters. The highest BCUT2D eigenvalue weighted by Crippen LogP contribution is 2.50. The third kappa shape index (κ3) is 3.78.